The molecule has 0 saturated heterocycles. The second-order valence-electron chi connectivity index (χ2n) is 8.29. The fraction of sp³-hybridized carbons (Fsp3) is 0.423. The molecule has 0 fully saturated rings. The molecule has 0 aliphatic heterocycles. The molecular weight excluding hydrogens is 390 g/mol. The molecule has 2 rings (SSSR count). The van der Waals surface area contributed by atoms with Gasteiger partial charge in [-0.05, 0) is 86.4 Å². The van der Waals surface area contributed by atoms with Gasteiger partial charge >= 0.3 is 0 Å². The predicted molar refractivity (Wildman–Crippen MR) is 128 cm³/mol. The van der Waals surface area contributed by atoms with Gasteiger partial charge in [0.05, 0.1) is 0 Å². The first-order chi connectivity index (χ1) is 14.4. The quantitative estimate of drug-likeness (QED) is 0.411. The first kappa shape index (κ1) is 23.9. The number of hydrogen-bond acceptors (Lipinski definition) is 4. The number of nitrogens with zero attached hydrogens (tertiary/aromatic N) is 1. The van der Waals surface area contributed by atoms with Crippen LogP contribution < -0.4 is 4.74 Å². The summed E-state index contributed by atoms with van der Waals surface area (Å²) in [6.07, 6.45) is 5.39. The lowest BCUT2D eigenvalue weighted by atomic mass is 9.98. The van der Waals surface area contributed by atoms with Crippen LogP contribution in [0.5, 0.6) is 5.75 Å². The highest BCUT2D eigenvalue weighted by atomic mass is 32.1. The Labute approximate surface area is 185 Å². The van der Waals surface area contributed by atoms with Gasteiger partial charge in [-0.2, -0.15) is 11.3 Å². The topological polar surface area (TPSA) is 29.5 Å². The molecule has 0 aliphatic carbocycles. The van der Waals surface area contributed by atoms with Crippen LogP contribution in [0.2, 0.25) is 0 Å². The first-order valence-electron chi connectivity index (χ1n) is 10.5. The van der Waals surface area contributed by atoms with Gasteiger partial charge in [-0.1, -0.05) is 37.0 Å². The summed E-state index contributed by atoms with van der Waals surface area (Å²) >= 11 is 1.67. The molecular formula is C26H33NO2S. The second-order valence-corrected chi connectivity index (χ2v) is 9.07. The Hall–Kier alpha value is -2.35. The Morgan fingerprint density at radius 1 is 1.23 bits per heavy atom. The van der Waals surface area contributed by atoms with Crippen LogP contribution in [-0.4, -0.2) is 36.9 Å². The molecule has 0 amide bonds. The molecule has 0 atom stereocenters. The van der Waals surface area contributed by atoms with Crippen molar-refractivity contribution in [1.82, 2.24) is 4.90 Å². The van der Waals surface area contributed by atoms with Gasteiger partial charge in [0.15, 0.2) is 5.78 Å². The number of hydrogen-bond donors (Lipinski definition) is 0. The van der Waals surface area contributed by atoms with Gasteiger partial charge in [-0.15, -0.1) is 0 Å². The van der Waals surface area contributed by atoms with E-state index in [2.05, 4.69) is 73.4 Å². The smallest absolute Gasteiger partial charge is 0.170 e. The van der Waals surface area contributed by atoms with E-state index in [0.29, 0.717) is 6.42 Å². The number of Topliss-reactive ketones (excluding diaryl/α,β-unsaturated/α-hetero) is 1. The van der Waals surface area contributed by atoms with Crippen molar-refractivity contribution in [2.75, 3.05) is 26.2 Å². The SMILES string of the molecule is CCN(CC=CC#CC(C)(C)C)CCCC(=O)COc1cccc(-c2ccsc2)c1. The molecule has 160 valence electrons. The van der Waals surface area contributed by atoms with Crippen LogP contribution in [0.15, 0.2) is 53.2 Å². The van der Waals surface area contributed by atoms with Crippen LogP contribution in [0.3, 0.4) is 0 Å². The van der Waals surface area contributed by atoms with E-state index < -0.39 is 0 Å². The van der Waals surface area contributed by atoms with Crippen molar-refractivity contribution >= 4 is 17.1 Å². The number of carbonyl (C=O) groups is 1. The first-order valence-corrected chi connectivity index (χ1v) is 11.5. The number of rotatable bonds is 11. The molecule has 1 aromatic heterocycles. The van der Waals surface area contributed by atoms with Crippen molar-refractivity contribution in [1.29, 1.82) is 0 Å². The number of benzene rings is 1. The minimum absolute atomic E-state index is 0.0302. The molecule has 0 radical (unpaired) electrons. The highest BCUT2D eigenvalue weighted by Gasteiger charge is 2.07. The zero-order valence-corrected chi connectivity index (χ0v) is 19.4. The highest BCUT2D eigenvalue weighted by molar-refractivity contribution is 7.08. The minimum atomic E-state index is 0.0302. The van der Waals surface area contributed by atoms with Gasteiger partial charge in [-0.3, -0.25) is 9.69 Å². The molecule has 4 heteroatoms. The van der Waals surface area contributed by atoms with Crippen LogP contribution >= 0.6 is 11.3 Å². The van der Waals surface area contributed by atoms with Crippen molar-refractivity contribution in [3.8, 4) is 28.7 Å². The molecule has 0 saturated carbocycles. The second kappa shape index (κ2) is 12.4. The number of carbonyl (C=O) groups excluding carboxylic acids is 1. The maximum Gasteiger partial charge on any atom is 0.170 e. The van der Waals surface area contributed by atoms with Crippen LogP contribution in [0.4, 0.5) is 0 Å². The van der Waals surface area contributed by atoms with E-state index in [0.717, 1.165) is 37.4 Å². The molecule has 0 bridgehead atoms. The lowest BCUT2D eigenvalue weighted by Gasteiger charge is -2.17. The molecule has 0 N–H and O–H groups in total. The number of thiophene rings is 1. The van der Waals surface area contributed by atoms with Crippen molar-refractivity contribution < 1.29 is 9.53 Å². The van der Waals surface area contributed by atoms with E-state index in [1.807, 2.05) is 24.3 Å². The van der Waals surface area contributed by atoms with Gasteiger partial charge < -0.3 is 4.74 Å². The normalized spacial score (nSPS) is 11.5. The van der Waals surface area contributed by atoms with E-state index in [-0.39, 0.29) is 17.8 Å². The Morgan fingerprint density at radius 2 is 2.07 bits per heavy atom. The number of ketones is 1. The molecule has 2 aromatic rings. The predicted octanol–water partition coefficient (Wildman–Crippen LogP) is 6.07. The van der Waals surface area contributed by atoms with Crippen LogP contribution in [0, 0.1) is 17.3 Å². The fourth-order valence-corrected chi connectivity index (χ4v) is 3.49. The van der Waals surface area contributed by atoms with E-state index in [1.54, 1.807) is 11.3 Å². The minimum Gasteiger partial charge on any atom is -0.486 e. The molecule has 1 aromatic carbocycles. The summed E-state index contributed by atoms with van der Waals surface area (Å²) in [6, 6.07) is 9.99. The van der Waals surface area contributed by atoms with Crippen molar-refractivity contribution in [3.63, 3.8) is 0 Å². The largest absolute Gasteiger partial charge is 0.486 e. The molecule has 3 nitrogen and oxygen atoms in total. The zero-order valence-electron chi connectivity index (χ0n) is 18.6. The maximum atomic E-state index is 12.2. The van der Waals surface area contributed by atoms with E-state index in [1.165, 1.54) is 5.56 Å². The lowest BCUT2D eigenvalue weighted by molar-refractivity contribution is -0.121. The van der Waals surface area contributed by atoms with Crippen molar-refractivity contribution in [3.05, 3.63) is 53.2 Å². The standard InChI is InChI=1S/C26H33NO2S/c1-5-27(16-8-6-7-15-26(2,3)4)17-10-12-24(28)20-29-25-13-9-11-22(19-25)23-14-18-30-21-23/h6,8-9,11,13-14,18-19,21H,5,10,12,16-17,20H2,1-4H3. The van der Waals surface area contributed by atoms with Crippen LogP contribution in [0.25, 0.3) is 11.1 Å². The van der Waals surface area contributed by atoms with Gasteiger partial charge in [0.1, 0.15) is 12.4 Å². The molecule has 1 heterocycles. The summed E-state index contributed by atoms with van der Waals surface area (Å²) in [4.78, 5) is 14.5. The van der Waals surface area contributed by atoms with Gasteiger partial charge in [0.2, 0.25) is 0 Å². The van der Waals surface area contributed by atoms with E-state index in [9.17, 15) is 4.79 Å². The third-order valence-corrected chi connectivity index (χ3v) is 5.16. The van der Waals surface area contributed by atoms with Gasteiger partial charge in [-0.25, -0.2) is 0 Å². The van der Waals surface area contributed by atoms with Crippen LogP contribution in [-0.2, 0) is 4.79 Å². The molecule has 0 aliphatic rings. The average molecular weight is 424 g/mol. The number of allylic oxidation sites excluding steroid dienone is 1. The summed E-state index contributed by atoms with van der Waals surface area (Å²) in [5.74, 6) is 7.17. The molecule has 0 unspecified atom stereocenters. The summed E-state index contributed by atoms with van der Waals surface area (Å²) in [7, 11) is 0. The molecule has 30 heavy (non-hydrogen) atoms. The van der Waals surface area contributed by atoms with E-state index >= 15 is 0 Å². The average Bonchev–Trinajstić information content (AvgIpc) is 3.25. The third-order valence-electron chi connectivity index (χ3n) is 4.48. The Kier molecular flexibility index (Phi) is 9.86. The Bertz CT molecular complexity index is 866. The summed E-state index contributed by atoms with van der Waals surface area (Å²) in [5.41, 5.74) is 2.32. The molecule has 0 spiro atoms. The summed E-state index contributed by atoms with van der Waals surface area (Å²) in [6.45, 7) is 11.3. The van der Waals surface area contributed by atoms with Crippen LogP contribution in [0.1, 0.15) is 40.5 Å². The monoisotopic (exact) mass is 423 g/mol. The number of ether oxygens (including phenoxy) is 1. The third kappa shape index (κ3) is 9.43. The van der Waals surface area contributed by atoms with Gasteiger partial charge in [0.25, 0.3) is 0 Å². The zero-order chi connectivity index (χ0) is 21.8. The Morgan fingerprint density at radius 3 is 2.77 bits per heavy atom. The number of likely N-dealkylation sites (N-methyl/N-ethyl adjacent to an activating group) is 1. The van der Waals surface area contributed by atoms with E-state index in [4.69, 9.17) is 4.74 Å². The lowest BCUT2D eigenvalue weighted by Crippen LogP contribution is -2.25. The van der Waals surface area contributed by atoms with Crippen molar-refractivity contribution in [2.45, 2.75) is 40.5 Å². The van der Waals surface area contributed by atoms with Crippen molar-refractivity contribution in [2.24, 2.45) is 5.41 Å². The Balaban J connectivity index is 1.69. The fourth-order valence-electron chi connectivity index (χ4n) is 2.83. The highest BCUT2D eigenvalue weighted by Crippen LogP contribution is 2.25. The van der Waals surface area contributed by atoms with Gasteiger partial charge in [0, 0.05) is 18.4 Å². The summed E-state index contributed by atoms with van der Waals surface area (Å²) in [5, 5.41) is 4.16. The maximum absolute atomic E-state index is 12.2. The summed E-state index contributed by atoms with van der Waals surface area (Å²) < 4.78 is 5.72.